The van der Waals surface area contributed by atoms with E-state index in [1.165, 1.54) is 0 Å². The van der Waals surface area contributed by atoms with Crippen LogP contribution in [-0.4, -0.2) is 54.1 Å². The molecule has 1 fully saturated rings. The molecule has 1 amide bonds. The van der Waals surface area contributed by atoms with Gasteiger partial charge in [-0.3, -0.25) is 14.9 Å². The molecule has 1 saturated heterocycles. The zero-order chi connectivity index (χ0) is 18.6. The van der Waals surface area contributed by atoms with Crippen LogP contribution in [0, 0.1) is 0 Å². The van der Waals surface area contributed by atoms with Gasteiger partial charge in [0.1, 0.15) is 17.1 Å². The number of pyridine rings is 1. The van der Waals surface area contributed by atoms with Gasteiger partial charge in [0.2, 0.25) is 11.7 Å². The summed E-state index contributed by atoms with van der Waals surface area (Å²) < 4.78 is 5.51. The summed E-state index contributed by atoms with van der Waals surface area (Å²) in [5, 5.41) is 7.18. The molecule has 9 nitrogen and oxygen atoms in total. The minimum Gasteiger partial charge on any atom is -0.477 e. The van der Waals surface area contributed by atoms with E-state index in [0.717, 1.165) is 12.8 Å². The Hall–Kier alpha value is -3.36. The number of hydrogen-bond acceptors (Lipinski definition) is 7. The fraction of sp³-hybridized carbons (Fsp3) is 0.333. The molecule has 138 valence electrons. The van der Waals surface area contributed by atoms with E-state index in [1.54, 1.807) is 41.8 Å². The second-order valence-electron chi connectivity index (χ2n) is 6.08. The van der Waals surface area contributed by atoms with E-state index >= 15 is 0 Å². The fourth-order valence-corrected chi connectivity index (χ4v) is 3.21. The van der Waals surface area contributed by atoms with Crippen molar-refractivity contribution in [2.24, 2.45) is 0 Å². The highest BCUT2D eigenvalue weighted by Gasteiger charge is 2.34. The number of likely N-dealkylation sites (tertiary alicyclic amines) is 1. The maximum atomic E-state index is 13.1. The van der Waals surface area contributed by atoms with Crippen molar-refractivity contribution < 1.29 is 9.53 Å². The van der Waals surface area contributed by atoms with E-state index in [9.17, 15) is 4.79 Å². The van der Waals surface area contributed by atoms with Crippen molar-refractivity contribution in [2.75, 3.05) is 13.2 Å². The average Bonchev–Trinajstić information content (AvgIpc) is 3.38. The molecule has 0 spiro atoms. The third-order valence-electron chi connectivity index (χ3n) is 4.41. The lowest BCUT2D eigenvalue weighted by Crippen LogP contribution is -2.31. The monoisotopic (exact) mass is 365 g/mol. The van der Waals surface area contributed by atoms with Crippen LogP contribution in [0.1, 0.15) is 42.0 Å². The van der Waals surface area contributed by atoms with Crippen LogP contribution in [0.3, 0.4) is 0 Å². The molecule has 0 radical (unpaired) electrons. The Bertz CT molecular complexity index is 928. The maximum Gasteiger partial charge on any atom is 0.259 e. The number of nitrogens with one attached hydrogen (secondary N) is 1. The summed E-state index contributed by atoms with van der Waals surface area (Å²) in [6, 6.07) is 3.30. The first-order chi connectivity index (χ1) is 13.3. The summed E-state index contributed by atoms with van der Waals surface area (Å²) in [5.41, 5.74) is 1.04. The number of carbonyl (C=O) groups is 1. The Balaban J connectivity index is 1.60. The number of hydrogen-bond donors (Lipinski definition) is 1. The molecule has 1 aliphatic rings. The standard InChI is InChI=1S/C18H19N7O2/c1-2-27-17-12(5-3-7-21-17)18(26)25-10-4-6-14(25)16-22-15(23-24-16)13-11-19-8-9-20-13/h3,5,7-9,11,14H,2,4,6,10H2,1H3,(H,22,23,24). The van der Waals surface area contributed by atoms with Crippen LogP contribution in [0.25, 0.3) is 11.5 Å². The molecule has 27 heavy (non-hydrogen) atoms. The molecule has 0 bridgehead atoms. The van der Waals surface area contributed by atoms with Gasteiger partial charge in [-0.2, -0.15) is 5.10 Å². The number of carbonyl (C=O) groups excluding carboxylic acids is 1. The van der Waals surface area contributed by atoms with Crippen molar-refractivity contribution in [3.8, 4) is 17.4 Å². The molecule has 9 heteroatoms. The smallest absolute Gasteiger partial charge is 0.259 e. The molecule has 0 aromatic carbocycles. The van der Waals surface area contributed by atoms with E-state index in [-0.39, 0.29) is 11.9 Å². The Kier molecular flexibility index (Phi) is 4.73. The van der Waals surface area contributed by atoms with Crippen molar-refractivity contribution >= 4 is 5.91 Å². The predicted octanol–water partition coefficient (Wildman–Crippen LogP) is 2.03. The lowest BCUT2D eigenvalue weighted by atomic mass is 10.2. The van der Waals surface area contributed by atoms with E-state index < -0.39 is 0 Å². The minimum atomic E-state index is -0.176. The average molecular weight is 365 g/mol. The molecule has 1 N–H and O–H groups in total. The molecule has 3 aromatic heterocycles. The zero-order valence-electron chi connectivity index (χ0n) is 14.9. The number of aromatic nitrogens is 6. The highest BCUT2D eigenvalue weighted by atomic mass is 16.5. The summed E-state index contributed by atoms with van der Waals surface area (Å²) >= 11 is 0. The van der Waals surface area contributed by atoms with Crippen molar-refractivity contribution in [3.63, 3.8) is 0 Å². The van der Waals surface area contributed by atoms with E-state index in [2.05, 4.69) is 30.1 Å². The highest BCUT2D eigenvalue weighted by Crippen LogP contribution is 2.33. The summed E-state index contributed by atoms with van der Waals surface area (Å²) in [5.74, 6) is 1.34. The highest BCUT2D eigenvalue weighted by molar-refractivity contribution is 5.96. The van der Waals surface area contributed by atoms with Crippen LogP contribution in [-0.2, 0) is 0 Å². The summed E-state index contributed by atoms with van der Waals surface area (Å²) in [6.45, 7) is 2.96. The van der Waals surface area contributed by atoms with Crippen molar-refractivity contribution in [2.45, 2.75) is 25.8 Å². The van der Waals surface area contributed by atoms with Crippen LogP contribution < -0.4 is 4.74 Å². The Morgan fingerprint density at radius 1 is 1.33 bits per heavy atom. The molecule has 0 saturated carbocycles. The number of amides is 1. The van der Waals surface area contributed by atoms with Gasteiger partial charge in [0.25, 0.3) is 5.91 Å². The Morgan fingerprint density at radius 2 is 2.26 bits per heavy atom. The third kappa shape index (κ3) is 3.35. The van der Waals surface area contributed by atoms with Gasteiger partial charge in [-0.1, -0.05) is 0 Å². The molecular weight excluding hydrogens is 346 g/mol. The molecule has 4 rings (SSSR count). The largest absolute Gasteiger partial charge is 0.477 e. The number of ether oxygens (including phenoxy) is 1. The minimum absolute atomic E-state index is 0.119. The van der Waals surface area contributed by atoms with Crippen molar-refractivity contribution in [1.29, 1.82) is 0 Å². The van der Waals surface area contributed by atoms with Crippen molar-refractivity contribution in [3.05, 3.63) is 48.3 Å². The molecule has 1 atom stereocenters. The van der Waals surface area contributed by atoms with Crippen LogP contribution in [0.2, 0.25) is 0 Å². The zero-order valence-corrected chi connectivity index (χ0v) is 14.9. The van der Waals surface area contributed by atoms with Gasteiger partial charge in [0.05, 0.1) is 18.8 Å². The fourth-order valence-electron chi connectivity index (χ4n) is 3.21. The van der Waals surface area contributed by atoms with Crippen LogP contribution in [0.5, 0.6) is 5.88 Å². The van der Waals surface area contributed by atoms with Gasteiger partial charge in [-0.05, 0) is 31.9 Å². The van der Waals surface area contributed by atoms with Gasteiger partial charge in [-0.25, -0.2) is 15.0 Å². The third-order valence-corrected chi connectivity index (χ3v) is 4.41. The number of nitrogens with zero attached hydrogens (tertiary/aromatic N) is 6. The quantitative estimate of drug-likeness (QED) is 0.736. The lowest BCUT2D eigenvalue weighted by molar-refractivity contribution is 0.0725. The first-order valence-electron chi connectivity index (χ1n) is 8.85. The van der Waals surface area contributed by atoms with E-state index in [0.29, 0.717) is 41.9 Å². The van der Waals surface area contributed by atoms with Gasteiger partial charge in [0, 0.05) is 25.1 Å². The lowest BCUT2D eigenvalue weighted by Gasteiger charge is -2.23. The normalized spacial score (nSPS) is 16.5. The maximum absolute atomic E-state index is 13.1. The first kappa shape index (κ1) is 17.1. The molecular formula is C18H19N7O2. The molecule has 1 unspecified atom stereocenters. The number of rotatable bonds is 5. The van der Waals surface area contributed by atoms with Crippen LogP contribution >= 0.6 is 0 Å². The Morgan fingerprint density at radius 3 is 3.07 bits per heavy atom. The molecule has 1 aliphatic heterocycles. The van der Waals surface area contributed by atoms with Crippen LogP contribution in [0.4, 0.5) is 0 Å². The number of H-pyrrole nitrogens is 1. The summed E-state index contributed by atoms with van der Waals surface area (Å²) in [7, 11) is 0. The van der Waals surface area contributed by atoms with Gasteiger partial charge < -0.3 is 9.64 Å². The molecule has 0 aliphatic carbocycles. The molecule has 4 heterocycles. The first-order valence-corrected chi connectivity index (χ1v) is 8.85. The van der Waals surface area contributed by atoms with E-state index in [1.807, 2.05) is 6.92 Å². The summed E-state index contributed by atoms with van der Waals surface area (Å²) in [4.78, 5) is 31.9. The van der Waals surface area contributed by atoms with Gasteiger partial charge in [0.15, 0.2) is 0 Å². The SMILES string of the molecule is CCOc1ncccc1C(=O)N1CCCC1c1nc(-c2cnccn2)n[nH]1. The molecule has 3 aromatic rings. The number of aromatic amines is 1. The van der Waals surface area contributed by atoms with Crippen LogP contribution in [0.15, 0.2) is 36.9 Å². The second-order valence-corrected chi connectivity index (χ2v) is 6.08. The predicted molar refractivity (Wildman–Crippen MR) is 95.8 cm³/mol. The van der Waals surface area contributed by atoms with E-state index in [4.69, 9.17) is 4.74 Å². The topological polar surface area (TPSA) is 110 Å². The Labute approximate surface area is 155 Å². The van der Waals surface area contributed by atoms with Gasteiger partial charge in [-0.15, -0.1) is 0 Å². The van der Waals surface area contributed by atoms with Crippen molar-refractivity contribution in [1.82, 2.24) is 35.0 Å². The second kappa shape index (κ2) is 7.48. The summed E-state index contributed by atoms with van der Waals surface area (Å²) in [6.07, 6.45) is 8.11. The van der Waals surface area contributed by atoms with Gasteiger partial charge >= 0.3 is 0 Å².